The third kappa shape index (κ3) is 4.59. The number of sulfonamides is 1. The summed E-state index contributed by atoms with van der Waals surface area (Å²) < 4.78 is 24.3. The monoisotopic (exact) mass is 442 g/mol. The largest absolute Gasteiger partial charge is 0.384 e. The molecule has 154 valence electrons. The normalized spacial score (nSPS) is 11.7. The number of fused-ring (bicyclic) bond motifs is 1. The predicted molar refractivity (Wildman–Crippen MR) is 116 cm³/mol. The number of aryl methyl sites for hydroxylation is 1. The lowest BCUT2D eigenvalue weighted by Crippen LogP contribution is -2.12. The Morgan fingerprint density at radius 3 is 2.67 bits per heavy atom. The van der Waals surface area contributed by atoms with Crippen molar-refractivity contribution in [1.29, 1.82) is 0 Å². The first-order valence-corrected chi connectivity index (χ1v) is 11.2. The second-order valence-corrected chi connectivity index (χ2v) is 8.74. The maximum absolute atomic E-state index is 11.3. The number of benzene rings is 2. The maximum Gasteiger partial charge on any atom is 0.238 e. The van der Waals surface area contributed by atoms with Gasteiger partial charge in [0.15, 0.2) is 0 Å². The number of halogens is 1. The summed E-state index contributed by atoms with van der Waals surface area (Å²) in [6, 6.07) is 13.8. The summed E-state index contributed by atoms with van der Waals surface area (Å²) in [4.78, 5) is 4.40. The Balaban J connectivity index is 1.35. The Labute approximate surface area is 178 Å². The second kappa shape index (κ2) is 8.39. The number of anilines is 1. The van der Waals surface area contributed by atoms with Gasteiger partial charge < -0.3 is 5.32 Å². The highest BCUT2D eigenvalue weighted by atomic mass is 35.5. The molecule has 8 nitrogen and oxygen atoms in total. The minimum absolute atomic E-state index is 0.0589. The van der Waals surface area contributed by atoms with E-state index in [0.29, 0.717) is 10.7 Å². The molecule has 4 rings (SSSR count). The number of rotatable bonds is 7. The van der Waals surface area contributed by atoms with Crippen LogP contribution in [-0.4, -0.2) is 34.9 Å². The first-order chi connectivity index (χ1) is 14.4. The first kappa shape index (κ1) is 20.3. The van der Waals surface area contributed by atoms with Gasteiger partial charge in [0.25, 0.3) is 0 Å². The molecule has 0 amide bonds. The van der Waals surface area contributed by atoms with Crippen LogP contribution >= 0.6 is 11.6 Å². The van der Waals surface area contributed by atoms with Gasteiger partial charge in [-0.1, -0.05) is 16.8 Å². The molecule has 0 unspecified atom stereocenters. The average Bonchev–Trinajstić information content (AvgIpc) is 3.19. The highest BCUT2D eigenvalue weighted by Gasteiger charge is 2.09. The molecule has 0 aliphatic carbocycles. The van der Waals surface area contributed by atoms with Crippen molar-refractivity contribution in [1.82, 2.24) is 20.0 Å². The van der Waals surface area contributed by atoms with E-state index >= 15 is 0 Å². The molecule has 10 heteroatoms. The molecule has 0 atom stereocenters. The van der Waals surface area contributed by atoms with Crippen LogP contribution < -0.4 is 10.5 Å². The Morgan fingerprint density at radius 1 is 1.10 bits per heavy atom. The van der Waals surface area contributed by atoms with Gasteiger partial charge in [0.2, 0.25) is 10.0 Å². The number of aromatic nitrogens is 4. The summed E-state index contributed by atoms with van der Waals surface area (Å²) in [5, 5.41) is 18.5. The lowest BCUT2D eigenvalue weighted by atomic mass is 10.2. The molecule has 2 aromatic heterocycles. The summed E-state index contributed by atoms with van der Waals surface area (Å²) in [7, 11) is -3.71. The highest BCUT2D eigenvalue weighted by Crippen LogP contribution is 2.24. The van der Waals surface area contributed by atoms with E-state index in [1.54, 1.807) is 23.0 Å². The van der Waals surface area contributed by atoms with Gasteiger partial charge in [0.05, 0.1) is 28.0 Å². The zero-order chi connectivity index (χ0) is 21.1. The van der Waals surface area contributed by atoms with E-state index in [1.165, 1.54) is 12.1 Å². The molecule has 0 fully saturated rings. The number of nitrogens with one attached hydrogen (secondary N) is 1. The third-order valence-corrected chi connectivity index (χ3v) is 5.76. The lowest BCUT2D eigenvalue weighted by molar-refractivity contribution is 0.598. The smallest absolute Gasteiger partial charge is 0.238 e. The Bertz CT molecular complexity index is 1290. The maximum atomic E-state index is 11.3. The van der Waals surface area contributed by atoms with Gasteiger partial charge in [-0.3, -0.25) is 4.98 Å². The Kier molecular flexibility index (Phi) is 5.67. The summed E-state index contributed by atoms with van der Waals surface area (Å²) in [5.41, 5.74) is 3.42. The van der Waals surface area contributed by atoms with Crippen LogP contribution in [0.1, 0.15) is 12.1 Å². The molecule has 2 heterocycles. The van der Waals surface area contributed by atoms with Crippen LogP contribution in [0, 0.1) is 0 Å². The third-order valence-electron chi connectivity index (χ3n) is 4.60. The van der Waals surface area contributed by atoms with Crippen LogP contribution in [0.3, 0.4) is 0 Å². The van der Waals surface area contributed by atoms with E-state index in [1.807, 2.05) is 30.5 Å². The van der Waals surface area contributed by atoms with Crippen molar-refractivity contribution < 1.29 is 8.42 Å². The molecule has 0 radical (unpaired) electrons. The van der Waals surface area contributed by atoms with Crippen molar-refractivity contribution in [3.63, 3.8) is 0 Å². The quantitative estimate of drug-likeness (QED) is 0.425. The molecule has 4 aromatic rings. The first-order valence-electron chi connectivity index (χ1n) is 9.23. The number of primary sulfonamides is 1. The van der Waals surface area contributed by atoms with Gasteiger partial charge in [0.1, 0.15) is 0 Å². The molecular formula is C20H19ClN6O2S. The van der Waals surface area contributed by atoms with E-state index in [9.17, 15) is 8.42 Å². The summed E-state index contributed by atoms with van der Waals surface area (Å²) in [5.74, 6) is 0. The minimum Gasteiger partial charge on any atom is -0.384 e. The molecule has 0 spiro atoms. The molecule has 3 N–H and O–H groups in total. The van der Waals surface area contributed by atoms with E-state index < -0.39 is 10.0 Å². The summed E-state index contributed by atoms with van der Waals surface area (Å²) >= 11 is 6.03. The van der Waals surface area contributed by atoms with Crippen LogP contribution in [0.5, 0.6) is 0 Å². The Hall–Kier alpha value is -3.01. The van der Waals surface area contributed by atoms with Crippen LogP contribution in [0.4, 0.5) is 5.69 Å². The fourth-order valence-corrected chi connectivity index (χ4v) is 3.78. The average molecular weight is 443 g/mol. The number of hydrogen-bond acceptors (Lipinski definition) is 6. The van der Waals surface area contributed by atoms with Gasteiger partial charge in [-0.15, -0.1) is 5.10 Å². The van der Waals surface area contributed by atoms with Crippen LogP contribution in [0.25, 0.3) is 16.6 Å². The topological polar surface area (TPSA) is 116 Å². The minimum atomic E-state index is -3.71. The lowest BCUT2D eigenvalue weighted by Gasteiger charge is -2.09. The number of pyridine rings is 1. The van der Waals surface area contributed by atoms with Crippen molar-refractivity contribution >= 4 is 38.2 Å². The SMILES string of the molecule is NS(=O)(=O)c1ccc(-n2cc(CCCNc3ccnc4cc(Cl)ccc34)nn2)cc1. The van der Waals surface area contributed by atoms with E-state index in [-0.39, 0.29) is 4.90 Å². The predicted octanol–water partition coefficient (Wildman–Crippen LogP) is 3.16. The highest BCUT2D eigenvalue weighted by molar-refractivity contribution is 7.89. The molecule has 0 saturated heterocycles. The van der Waals surface area contributed by atoms with Gasteiger partial charge in [-0.05, 0) is 61.4 Å². The zero-order valence-electron chi connectivity index (χ0n) is 15.9. The van der Waals surface area contributed by atoms with Crippen molar-refractivity contribution in [2.45, 2.75) is 17.7 Å². The van der Waals surface area contributed by atoms with Crippen LogP contribution in [0.15, 0.2) is 65.8 Å². The molecular weight excluding hydrogens is 424 g/mol. The molecule has 0 aliphatic rings. The fourth-order valence-electron chi connectivity index (χ4n) is 3.10. The molecule has 30 heavy (non-hydrogen) atoms. The molecule has 0 bridgehead atoms. The molecule has 2 aromatic carbocycles. The summed E-state index contributed by atoms with van der Waals surface area (Å²) in [6.45, 7) is 0.762. The number of nitrogens with two attached hydrogens (primary N) is 1. The van der Waals surface area contributed by atoms with Crippen molar-refractivity contribution in [3.05, 3.63) is 71.6 Å². The Morgan fingerprint density at radius 2 is 1.90 bits per heavy atom. The van der Waals surface area contributed by atoms with Crippen LogP contribution in [-0.2, 0) is 16.4 Å². The van der Waals surface area contributed by atoms with Crippen LogP contribution in [0.2, 0.25) is 5.02 Å². The van der Waals surface area contributed by atoms with Gasteiger partial charge >= 0.3 is 0 Å². The molecule has 0 saturated carbocycles. The van der Waals surface area contributed by atoms with E-state index in [4.69, 9.17) is 16.7 Å². The van der Waals surface area contributed by atoms with Gasteiger partial charge in [-0.25, -0.2) is 18.2 Å². The van der Waals surface area contributed by atoms with Gasteiger partial charge in [-0.2, -0.15) is 0 Å². The number of nitrogens with zero attached hydrogens (tertiary/aromatic N) is 4. The van der Waals surface area contributed by atoms with Crippen molar-refractivity contribution in [2.75, 3.05) is 11.9 Å². The van der Waals surface area contributed by atoms with Crippen molar-refractivity contribution in [2.24, 2.45) is 5.14 Å². The standard InChI is InChI=1S/C20H19ClN6O2S/c21-14-3-8-18-19(9-11-24-20(18)12-14)23-10-1-2-15-13-27(26-25-15)16-4-6-17(7-5-16)30(22,28)29/h3-9,11-13H,1-2,10H2,(H,23,24)(H2,22,28,29). The van der Waals surface area contributed by atoms with Gasteiger partial charge in [0, 0.05) is 28.8 Å². The van der Waals surface area contributed by atoms with Crippen molar-refractivity contribution in [3.8, 4) is 5.69 Å². The van der Waals surface area contributed by atoms with E-state index in [0.717, 1.165) is 41.7 Å². The second-order valence-electron chi connectivity index (χ2n) is 6.74. The zero-order valence-corrected chi connectivity index (χ0v) is 17.4. The fraction of sp³-hybridized carbons (Fsp3) is 0.150. The molecule has 0 aliphatic heterocycles. The summed E-state index contributed by atoms with van der Waals surface area (Å²) in [6.07, 6.45) is 5.20. The number of hydrogen-bond donors (Lipinski definition) is 2. The van der Waals surface area contributed by atoms with E-state index in [2.05, 4.69) is 20.6 Å².